The van der Waals surface area contributed by atoms with Gasteiger partial charge in [-0.25, -0.2) is 4.98 Å². The molecule has 0 saturated carbocycles. The van der Waals surface area contributed by atoms with Crippen molar-refractivity contribution in [1.82, 2.24) is 14.9 Å². The van der Waals surface area contributed by atoms with E-state index in [1.165, 1.54) is 11.8 Å². The van der Waals surface area contributed by atoms with Gasteiger partial charge in [-0.15, -0.1) is 0 Å². The second kappa shape index (κ2) is 8.49. The average molecular weight is 423 g/mol. The molecule has 0 fully saturated rings. The molecule has 1 aromatic heterocycles. The van der Waals surface area contributed by atoms with Crippen LogP contribution in [0.4, 0.5) is 0 Å². The summed E-state index contributed by atoms with van der Waals surface area (Å²) in [5, 5.41) is 14.9. The Morgan fingerprint density at radius 1 is 1.27 bits per heavy atom. The van der Waals surface area contributed by atoms with Crippen LogP contribution < -0.4 is 10.9 Å². The molecular weight excluding hydrogens is 396 g/mol. The first-order valence-electron chi connectivity index (χ1n) is 10.0. The topological polar surface area (TPSA) is 87.8 Å². The van der Waals surface area contributed by atoms with Gasteiger partial charge in [-0.2, -0.15) is 5.26 Å². The molecular formula is C23H26N4O2S. The van der Waals surface area contributed by atoms with Crippen molar-refractivity contribution in [3.8, 4) is 6.07 Å². The summed E-state index contributed by atoms with van der Waals surface area (Å²) in [7, 11) is 0. The SMILES string of the molecule is CCn1c(S[C@@H](C)C(=O)N[C@](C)(C#N)C(C)C)nc2cc3ccccc3cc2c1=O. The number of carbonyl (C=O) groups is 1. The van der Waals surface area contributed by atoms with Crippen LogP contribution in [0.3, 0.4) is 0 Å². The first kappa shape index (κ1) is 21.8. The molecule has 3 aromatic rings. The Morgan fingerprint density at radius 2 is 1.90 bits per heavy atom. The first-order valence-corrected chi connectivity index (χ1v) is 10.9. The molecule has 0 aliphatic carbocycles. The number of hydrogen-bond donors (Lipinski definition) is 1. The van der Waals surface area contributed by atoms with Crippen molar-refractivity contribution in [1.29, 1.82) is 5.26 Å². The second-order valence-electron chi connectivity index (χ2n) is 7.88. The summed E-state index contributed by atoms with van der Waals surface area (Å²) >= 11 is 1.23. The van der Waals surface area contributed by atoms with Gasteiger partial charge in [0.05, 0.1) is 22.2 Å². The van der Waals surface area contributed by atoms with E-state index >= 15 is 0 Å². The fraction of sp³-hybridized carbons (Fsp3) is 0.391. The van der Waals surface area contributed by atoms with E-state index in [2.05, 4.69) is 11.4 Å². The largest absolute Gasteiger partial charge is 0.337 e. The van der Waals surface area contributed by atoms with E-state index < -0.39 is 10.8 Å². The molecule has 156 valence electrons. The quantitative estimate of drug-likeness (QED) is 0.367. The maximum atomic E-state index is 13.1. The summed E-state index contributed by atoms with van der Waals surface area (Å²) in [6.07, 6.45) is 0. The van der Waals surface area contributed by atoms with E-state index in [0.717, 1.165) is 10.8 Å². The Labute approximate surface area is 180 Å². The number of nitrogens with zero attached hydrogens (tertiary/aromatic N) is 3. The van der Waals surface area contributed by atoms with Gasteiger partial charge in [0.15, 0.2) is 5.16 Å². The van der Waals surface area contributed by atoms with Crippen LogP contribution in [-0.2, 0) is 11.3 Å². The molecule has 30 heavy (non-hydrogen) atoms. The normalized spacial score (nSPS) is 14.4. The highest BCUT2D eigenvalue weighted by Crippen LogP contribution is 2.26. The van der Waals surface area contributed by atoms with Crippen molar-refractivity contribution in [2.45, 2.75) is 57.1 Å². The monoisotopic (exact) mass is 422 g/mol. The van der Waals surface area contributed by atoms with Crippen LogP contribution in [0.2, 0.25) is 0 Å². The maximum absolute atomic E-state index is 13.1. The zero-order valence-electron chi connectivity index (χ0n) is 17.9. The summed E-state index contributed by atoms with van der Waals surface area (Å²) in [5.74, 6) is -0.294. The Balaban J connectivity index is 1.99. The number of thioether (sulfide) groups is 1. The lowest BCUT2D eigenvalue weighted by Crippen LogP contribution is -2.51. The number of aromatic nitrogens is 2. The Bertz CT molecular complexity index is 1210. The van der Waals surface area contributed by atoms with Gasteiger partial charge in [-0.3, -0.25) is 14.2 Å². The van der Waals surface area contributed by atoms with Gasteiger partial charge in [0.25, 0.3) is 5.56 Å². The molecule has 1 N–H and O–H groups in total. The molecule has 7 heteroatoms. The van der Waals surface area contributed by atoms with E-state index in [0.29, 0.717) is 22.6 Å². The number of hydrogen-bond acceptors (Lipinski definition) is 5. The van der Waals surface area contributed by atoms with Crippen molar-refractivity contribution < 1.29 is 4.79 Å². The zero-order chi connectivity index (χ0) is 22.1. The lowest BCUT2D eigenvalue weighted by Gasteiger charge is -2.28. The highest BCUT2D eigenvalue weighted by Gasteiger charge is 2.32. The van der Waals surface area contributed by atoms with Gasteiger partial charge in [0.1, 0.15) is 5.54 Å². The van der Waals surface area contributed by atoms with Gasteiger partial charge in [-0.1, -0.05) is 49.9 Å². The Hall–Kier alpha value is -2.85. The molecule has 0 bridgehead atoms. The van der Waals surface area contributed by atoms with E-state index in [1.54, 1.807) is 18.4 Å². The van der Waals surface area contributed by atoms with Gasteiger partial charge in [0.2, 0.25) is 5.91 Å². The molecule has 2 aromatic carbocycles. The Kier molecular flexibility index (Phi) is 6.18. The van der Waals surface area contributed by atoms with Crippen LogP contribution in [0.5, 0.6) is 0 Å². The van der Waals surface area contributed by atoms with E-state index in [4.69, 9.17) is 4.98 Å². The molecule has 6 nitrogen and oxygen atoms in total. The van der Waals surface area contributed by atoms with Crippen molar-refractivity contribution in [2.75, 3.05) is 0 Å². The summed E-state index contributed by atoms with van der Waals surface area (Å²) in [4.78, 5) is 30.6. The highest BCUT2D eigenvalue weighted by molar-refractivity contribution is 8.00. The minimum atomic E-state index is -0.952. The fourth-order valence-corrected chi connectivity index (χ4v) is 4.10. The van der Waals surface area contributed by atoms with Crippen LogP contribution in [0.15, 0.2) is 46.3 Å². The molecule has 0 saturated heterocycles. The second-order valence-corrected chi connectivity index (χ2v) is 9.19. The van der Waals surface area contributed by atoms with Crippen molar-refractivity contribution >= 4 is 39.3 Å². The van der Waals surface area contributed by atoms with Crippen molar-refractivity contribution in [2.24, 2.45) is 5.92 Å². The first-order chi connectivity index (χ1) is 14.2. The summed E-state index contributed by atoms with van der Waals surface area (Å²) < 4.78 is 1.59. The molecule has 0 radical (unpaired) electrons. The number of amides is 1. The van der Waals surface area contributed by atoms with Gasteiger partial charge in [0, 0.05) is 6.54 Å². The lowest BCUT2D eigenvalue weighted by atomic mass is 9.90. The van der Waals surface area contributed by atoms with Gasteiger partial charge >= 0.3 is 0 Å². The average Bonchev–Trinajstić information content (AvgIpc) is 2.72. The third-order valence-electron chi connectivity index (χ3n) is 5.52. The fourth-order valence-electron chi connectivity index (χ4n) is 3.13. The minimum absolute atomic E-state index is 0.0375. The molecule has 1 amide bonds. The maximum Gasteiger partial charge on any atom is 0.262 e. The van der Waals surface area contributed by atoms with Gasteiger partial charge < -0.3 is 5.32 Å². The van der Waals surface area contributed by atoms with Crippen LogP contribution in [0, 0.1) is 17.2 Å². The van der Waals surface area contributed by atoms with Crippen molar-refractivity contribution in [3.05, 3.63) is 46.8 Å². The van der Waals surface area contributed by atoms with E-state index in [-0.39, 0.29) is 17.4 Å². The predicted octanol–water partition coefficient (Wildman–Crippen LogP) is 4.10. The highest BCUT2D eigenvalue weighted by atomic mass is 32.2. The lowest BCUT2D eigenvalue weighted by molar-refractivity contribution is -0.121. The summed E-state index contributed by atoms with van der Waals surface area (Å²) in [6, 6.07) is 13.8. The number of rotatable bonds is 6. The molecule has 1 heterocycles. The number of fused-ring (bicyclic) bond motifs is 2. The van der Waals surface area contributed by atoms with E-state index in [9.17, 15) is 14.9 Å². The smallest absolute Gasteiger partial charge is 0.262 e. The van der Waals surface area contributed by atoms with Gasteiger partial charge in [-0.05, 0) is 49.6 Å². The number of benzene rings is 2. The van der Waals surface area contributed by atoms with Crippen LogP contribution in [0.1, 0.15) is 34.6 Å². The van der Waals surface area contributed by atoms with Crippen LogP contribution in [-0.4, -0.2) is 26.2 Å². The standard InChI is InChI=1S/C23H26N4O2S/c1-6-27-21(29)18-11-16-9-7-8-10-17(16)12-19(18)25-22(27)30-15(4)20(28)26-23(5,13-24)14(2)3/h7-12,14-15H,6H2,1-5H3,(H,26,28)/t15-,23+/m0/s1. The molecule has 0 aliphatic heterocycles. The van der Waals surface area contributed by atoms with Crippen LogP contribution >= 0.6 is 11.8 Å². The number of carbonyl (C=O) groups excluding carboxylic acids is 1. The summed E-state index contributed by atoms with van der Waals surface area (Å²) in [5.41, 5.74) is -0.457. The summed E-state index contributed by atoms with van der Waals surface area (Å²) in [6.45, 7) is 9.60. The molecule has 2 atom stereocenters. The third-order valence-corrected chi connectivity index (χ3v) is 6.61. The molecule has 3 rings (SSSR count). The third kappa shape index (κ3) is 4.05. The molecule has 0 spiro atoms. The molecule has 0 aliphatic rings. The van der Waals surface area contributed by atoms with E-state index in [1.807, 2.05) is 57.2 Å². The number of nitriles is 1. The Morgan fingerprint density at radius 3 is 2.47 bits per heavy atom. The molecule has 0 unspecified atom stereocenters. The van der Waals surface area contributed by atoms with Crippen LogP contribution in [0.25, 0.3) is 21.7 Å². The minimum Gasteiger partial charge on any atom is -0.337 e. The zero-order valence-corrected chi connectivity index (χ0v) is 18.7. The van der Waals surface area contributed by atoms with Crippen molar-refractivity contribution in [3.63, 3.8) is 0 Å². The number of nitrogens with one attached hydrogen (secondary N) is 1. The predicted molar refractivity (Wildman–Crippen MR) is 122 cm³/mol.